The zero-order valence-electron chi connectivity index (χ0n) is 16.2. The first-order chi connectivity index (χ1) is 13.5. The first-order valence-corrected chi connectivity index (χ1v) is 9.92. The number of benzene rings is 1. The smallest absolute Gasteiger partial charge is 0.257 e. The van der Waals surface area contributed by atoms with Crippen LogP contribution in [0.1, 0.15) is 47.5 Å². The quantitative estimate of drug-likeness (QED) is 0.818. The molecule has 4 heterocycles. The van der Waals surface area contributed by atoms with Crippen LogP contribution in [0.15, 0.2) is 36.5 Å². The highest BCUT2D eigenvalue weighted by molar-refractivity contribution is 5.96. The number of carbonyl (C=O) groups excluding carboxylic acids is 2. The van der Waals surface area contributed by atoms with Gasteiger partial charge in [0, 0.05) is 25.7 Å². The molecule has 2 aromatic rings. The Labute approximate surface area is 163 Å². The predicted molar refractivity (Wildman–Crippen MR) is 101 cm³/mol. The molecule has 7 heteroatoms. The van der Waals surface area contributed by atoms with Gasteiger partial charge in [-0.2, -0.15) is 5.10 Å². The summed E-state index contributed by atoms with van der Waals surface area (Å²) in [4.78, 5) is 29.7. The number of likely N-dealkylation sites (tertiary alicyclic amines) is 1. The second-order valence-corrected chi connectivity index (χ2v) is 7.82. The van der Waals surface area contributed by atoms with E-state index in [0.29, 0.717) is 31.5 Å². The Balaban J connectivity index is 1.44. The van der Waals surface area contributed by atoms with Crippen molar-refractivity contribution in [2.24, 2.45) is 0 Å². The molecule has 3 saturated heterocycles. The first kappa shape index (κ1) is 17.4. The third-order valence-corrected chi connectivity index (χ3v) is 6.36. The fourth-order valence-corrected chi connectivity index (χ4v) is 4.95. The fraction of sp³-hybridized carbons (Fsp3) is 0.476. The first-order valence-electron chi connectivity index (χ1n) is 9.92. The summed E-state index contributed by atoms with van der Waals surface area (Å²) in [5.74, 6) is 0.0161. The van der Waals surface area contributed by atoms with Crippen LogP contribution in [0.25, 0.3) is 0 Å². The molecule has 0 N–H and O–H groups in total. The number of hydrogen-bond donors (Lipinski definition) is 0. The molecule has 0 radical (unpaired) electrons. The molecule has 0 unspecified atom stereocenters. The van der Waals surface area contributed by atoms with Gasteiger partial charge in [0.05, 0.1) is 30.3 Å². The van der Waals surface area contributed by atoms with Gasteiger partial charge >= 0.3 is 0 Å². The van der Waals surface area contributed by atoms with Crippen molar-refractivity contribution in [3.05, 3.63) is 53.3 Å². The number of amides is 2. The number of nitrogens with zero attached hydrogens (tertiary/aromatic N) is 4. The summed E-state index contributed by atoms with van der Waals surface area (Å²) >= 11 is 0. The molecule has 0 aliphatic carbocycles. The molecule has 28 heavy (non-hydrogen) atoms. The number of hydrogen-bond acceptors (Lipinski definition) is 4. The maximum atomic E-state index is 13.3. The lowest BCUT2D eigenvalue weighted by Crippen LogP contribution is -2.48. The fourth-order valence-electron chi connectivity index (χ4n) is 4.95. The van der Waals surface area contributed by atoms with Crippen LogP contribution >= 0.6 is 0 Å². The summed E-state index contributed by atoms with van der Waals surface area (Å²) in [5, 5.41) is 4.40. The highest BCUT2D eigenvalue weighted by atomic mass is 16.5. The SMILES string of the molecule is CCn1cc(C(=O)N2CC[C@@]34O[C@@H](c5ccccc5)CN3C(=O)C[C@@H]24)c(C)n1. The van der Waals surface area contributed by atoms with Gasteiger partial charge < -0.3 is 14.5 Å². The number of aryl methyl sites for hydroxylation is 2. The van der Waals surface area contributed by atoms with E-state index in [1.165, 1.54) is 0 Å². The third kappa shape index (κ3) is 2.35. The van der Waals surface area contributed by atoms with Crippen molar-refractivity contribution in [3.63, 3.8) is 0 Å². The molecule has 2 amide bonds. The van der Waals surface area contributed by atoms with Gasteiger partial charge in [-0.25, -0.2) is 0 Å². The van der Waals surface area contributed by atoms with Gasteiger partial charge in [-0.15, -0.1) is 0 Å². The Hall–Kier alpha value is -2.67. The van der Waals surface area contributed by atoms with Crippen LogP contribution in [0.2, 0.25) is 0 Å². The lowest BCUT2D eigenvalue weighted by Gasteiger charge is -2.31. The van der Waals surface area contributed by atoms with Crippen LogP contribution in [0.4, 0.5) is 0 Å². The average molecular weight is 380 g/mol. The highest BCUT2D eigenvalue weighted by Crippen LogP contribution is 2.50. The molecule has 1 aromatic heterocycles. The minimum atomic E-state index is -0.693. The summed E-state index contributed by atoms with van der Waals surface area (Å²) < 4.78 is 8.29. The summed E-state index contributed by atoms with van der Waals surface area (Å²) in [6.45, 7) is 5.71. The molecule has 3 atom stereocenters. The second kappa shape index (κ2) is 6.17. The van der Waals surface area contributed by atoms with Crippen molar-refractivity contribution in [3.8, 4) is 0 Å². The Bertz CT molecular complexity index is 940. The van der Waals surface area contributed by atoms with E-state index < -0.39 is 5.72 Å². The van der Waals surface area contributed by atoms with Crippen LogP contribution in [-0.2, 0) is 16.1 Å². The van der Waals surface area contributed by atoms with Crippen LogP contribution in [0.5, 0.6) is 0 Å². The zero-order valence-corrected chi connectivity index (χ0v) is 16.2. The number of ether oxygens (including phenoxy) is 1. The number of aromatic nitrogens is 2. The van der Waals surface area contributed by atoms with Gasteiger partial charge in [0.15, 0.2) is 5.72 Å². The zero-order chi connectivity index (χ0) is 19.5. The monoisotopic (exact) mass is 380 g/mol. The maximum Gasteiger partial charge on any atom is 0.257 e. The Morgan fingerprint density at radius 3 is 2.82 bits per heavy atom. The molecule has 1 spiro atoms. The molecule has 1 aromatic carbocycles. The summed E-state index contributed by atoms with van der Waals surface area (Å²) in [5.41, 5.74) is 1.72. The summed E-state index contributed by atoms with van der Waals surface area (Å²) in [7, 11) is 0. The average Bonchev–Trinajstić information content (AvgIpc) is 3.42. The van der Waals surface area contributed by atoms with E-state index in [2.05, 4.69) is 5.10 Å². The van der Waals surface area contributed by atoms with E-state index in [9.17, 15) is 9.59 Å². The molecule has 146 valence electrons. The van der Waals surface area contributed by atoms with E-state index in [-0.39, 0.29) is 24.0 Å². The largest absolute Gasteiger partial charge is 0.343 e. The standard InChI is InChI=1S/C21H24N4O3/c1-3-23-12-16(14(2)22-23)20(27)24-10-9-21-18(24)11-19(26)25(21)13-17(28-21)15-7-5-4-6-8-15/h4-8,12,17-18H,3,9-11,13H2,1-2H3/t17-,18-,21+/m1/s1. The van der Waals surface area contributed by atoms with Crippen LogP contribution in [0.3, 0.4) is 0 Å². The van der Waals surface area contributed by atoms with Gasteiger partial charge in [0.25, 0.3) is 5.91 Å². The van der Waals surface area contributed by atoms with Crippen molar-refractivity contribution in [2.45, 2.75) is 51.1 Å². The molecular weight excluding hydrogens is 356 g/mol. The van der Waals surface area contributed by atoms with Crippen molar-refractivity contribution < 1.29 is 14.3 Å². The van der Waals surface area contributed by atoms with E-state index in [1.54, 1.807) is 10.9 Å². The molecule has 3 fully saturated rings. The summed E-state index contributed by atoms with van der Waals surface area (Å²) in [6, 6.07) is 9.76. The van der Waals surface area contributed by atoms with Crippen LogP contribution < -0.4 is 0 Å². The molecule has 3 aliphatic heterocycles. The van der Waals surface area contributed by atoms with Gasteiger partial charge in [-0.05, 0) is 19.4 Å². The normalized spacial score (nSPS) is 28.7. The van der Waals surface area contributed by atoms with Crippen molar-refractivity contribution in [1.29, 1.82) is 0 Å². The lowest BCUT2D eigenvalue weighted by atomic mass is 10.1. The van der Waals surface area contributed by atoms with E-state index in [4.69, 9.17) is 4.74 Å². The molecule has 3 aliphatic rings. The number of carbonyl (C=O) groups is 2. The van der Waals surface area contributed by atoms with Gasteiger partial charge in [-0.1, -0.05) is 30.3 Å². The highest BCUT2D eigenvalue weighted by Gasteiger charge is 2.65. The van der Waals surface area contributed by atoms with Crippen LogP contribution in [-0.4, -0.2) is 56.3 Å². The molecule has 0 bridgehead atoms. The van der Waals surface area contributed by atoms with Gasteiger partial charge in [0.1, 0.15) is 6.10 Å². The van der Waals surface area contributed by atoms with Crippen LogP contribution in [0, 0.1) is 6.92 Å². The molecule has 7 nitrogen and oxygen atoms in total. The van der Waals surface area contributed by atoms with Crippen molar-refractivity contribution in [2.75, 3.05) is 13.1 Å². The van der Waals surface area contributed by atoms with E-state index in [0.717, 1.165) is 17.8 Å². The minimum Gasteiger partial charge on any atom is -0.343 e. The van der Waals surface area contributed by atoms with E-state index in [1.807, 2.05) is 54.0 Å². The van der Waals surface area contributed by atoms with Gasteiger partial charge in [-0.3, -0.25) is 14.3 Å². The minimum absolute atomic E-state index is 0.0551. The Kier molecular flexibility index (Phi) is 3.84. The topological polar surface area (TPSA) is 67.7 Å². The predicted octanol–water partition coefficient (Wildman–Crippen LogP) is 2.13. The van der Waals surface area contributed by atoms with E-state index >= 15 is 0 Å². The Morgan fingerprint density at radius 2 is 2.11 bits per heavy atom. The molecule has 5 rings (SSSR count). The number of rotatable bonds is 3. The van der Waals surface area contributed by atoms with Crippen molar-refractivity contribution in [1.82, 2.24) is 19.6 Å². The lowest BCUT2D eigenvalue weighted by molar-refractivity contribution is -0.138. The Morgan fingerprint density at radius 1 is 1.32 bits per heavy atom. The third-order valence-electron chi connectivity index (χ3n) is 6.36. The molecular formula is C21H24N4O3. The summed E-state index contributed by atoms with van der Waals surface area (Å²) in [6.07, 6.45) is 2.64. The van der Waals surface area contributed by atoms with Gasteiger partial charge in [0.2, 0.25) is 5.91 Å². The maximum absolute atomic E-state index is 13.3. The van der Waals surface area contributed by atoms with Crippen molar-refractivity contribution >= 4 is 11.8 Å². The molecule has 0 saturated carbocycles. The second-order valence-electron chi connectivity index (χ2n) is 7.82.